The zero-order valence-electron chi connectivity index (χ0n) is 9.10. The number of benzene rings is 1. The Labute approximate surface area is 91.7 Å². The Bertz CT molecular complexity index is 363. The zero-order valence-corrected chi connectivity index (χ0v) is 9.10. The molecule has 0 heteroatoms. The monoisotopic (exact) mass is 198 g/mol. The van der Waals surface area contributed by atoms with E-state index < -0.39 is 0 Å². The van der Waals surface area contributed by atoms with Gasteiger partial charge in [0, 0.05) is 0 Å². The lowest BCUT2D eigenvalue weighted by Crippen LogP contribution is -2.21. The molecule has 0 nitrogen and oxygen atoms in total. The molecule has 4 fully saturated rings. The molecule has 1 aromatic carbocycles. The normalized spacial score (nSPS) is 46.3. The van der Waals surface area contributed by atoms with Crippen LogP contribution in [0.2, 0.25) is 0 Å². The molecule has 0 aromatic heterocycles. The van der Waals surface area contributed by atoms with Crippen LogP contribution in [0.4, 0.5) is 0 Å². The third-order valence-electron chi connectivity index (χ3n) is 5.24. The first-order valence-corrected chi connectivity index (χ1v) is 6.47. The predicted octanol–water partition coefficient (Wildman–Crippen LogP) is 3.84. The molecule has 4 aliphatic carbocycles. The third kappa shape index (κ3) is 1.08. The number of hydrogen-bond acceptors (Lipinski definition) is 0. The van der Waals surface area contributed by atoms with E-state index in [2.05, 4.69) is 30.3 Å². The van der Waals surface area contributed by atoms with Gasteiger partial charge in [0.05, 0.1) is 0 Å². The molecule has 5 atom stereocenters. The maximum Gasteiger partial charge on any atom is -0.0102 e. The van der Waals surface area contributed by atoms with Crippen LogP contribution in [0.3, 0.4) is 0 Å². The fraction of sp³-hybridized carbons (Fsp3) is 0.600. The first-order chi connectivity index (χ1) is 7.42. The Morgan fingerprint density at radius 1 is 0.800 bits per heavy atom. The Morgan fingerprint density at radius 2 is 1.60 bits per heavy atom. The zero-order chi connectivity index (χ0) is 9.83. The van der Waals surface area contributed by atoms with Crippen molar-refractivity contribution in [3.8, 4) is 0 Å². The standard InChI is InChI=1S/C15H18/c1-2-4-11(5-3-1)15-13-7-10-6-12(9-13)14(15)8-10/h1-5,10,12-15H,6-9H2. The smallest absolute Gasteiger partial charge is 0.0102 e. The van der Waals surface area contributed by atoms with Gasteiger partial charge in [-0.2, -0.15) is 0 Å². The number of hydrogen-bond donors (Lipinski definition) is 0. The molecule has 5 unspecified atom stereocenters. The summed E-state index contributed by atoms with van der Waals surface area (Å²) < 4.78 is 0. The van der Waals surface area contributed by atoms with Crippen molar-refractivity contribution in [3.63, 3.8) is 0 Å². The molecule has 15 heavy (non-hydrogen) atoms. The van der Waals surface area contributed by atoms with Crippen LogP contribution in [0.15, 0.2) is 30.3 Å². The van der Waals surface area contributed by atoms with Crippen molar-refractivity contribution in [2.75, 3.05) is 0 Å². The predicted molar refractivity (Wildman–Crippen MR) is 61.6 cm³/mol. The van der Waals surface area contributed by atoms with Gasteiger partial charge in [-0.15, -0.1) is 0 Å². The summed E-state index contributed by atoms with van der Waals surface area (Å²) in [6.07, 6.45) is 6.18. The second-order valence-corrected chi connectivity index (χ2v) is 5.93. The van der Waals surface area contributed by atoms with Crippen LogP contribution < -0.4 is 0 Å². The van der Waals surface area contributed by atoms with E-state index in [1.165, 1.54) is 6.42 Å². The Kier molecular flexibility index (Phi) is 1.60. The summed E-state index contributed by atoms with van der Waals surface area (Å²) in [6.45, 7) is 0. The molecule has 78 valence electrons. The van der Waals surface area contributed by atoms with Gasteiger partial charge in [-0.25, -0.2) is 0 Å². The molecule has 4 bridgehead atoms. The van der Waals surface area contributed by atoms with Crippen LogP contribution >= 0.6 is 0 Å². The Morgan fingerprint density at radius 3 is 2.40 bits per heavy atom. The van der Waals surface area contributed by atoms with Crippen molar-refractivity contribution in [2.24, 2.45) is 23.7 Å². The molecule has 1 aromatic rings. The first-order valence-electron chi connectivity index (χ1n) is 6.47. The van der Waals surface area contributed by atoms with Gasteiger partial charge < -0.3 is 0 Å². The topological polar surface area (TPSA) is 0 Å². The van der Waals surface area contributed by atoms with E-state index in [0.717, 1.165) is 29.6 Å². The molecule has 4 aliphatic rings. The van der Waals surface area contributed by atoms with Crippen molar-refractivity contribution in [2.45, 2.75) is 31.6 Å². The largest absolute Gasteiger partial charge is 0.0622 e. The summed E-state index contributed by atoms with van der Waals surface area (Å²) in [4.78, 5) is 0. The quantitative estimate of drug-likeness (QED) is 0.643. The second-order valence-electron chi connectivity index (χ2n) is 5.93. The third-order valence-corrected chi connectivity index (χ3v) is 5.24. The van der Waals surface area contributed by atoms with E-state index in [1.54, 1.807) is 24.8 Å². The molecule has 0 heterocycles. The van der Waals surface area contributed by atoms with Gasteiger partial charge >= 0.3 is 0 Å². The van der Waals surface area contributed by atoms with E-state index in [0.29, 0.717) is 0 Å². The second kappa shape index (κ2) is 2.87. The summed E-state index contributed by atoms with van der Waals surface area (Å²) in [5.41, 5.74) is 1.63. The van der Waals surface area contributed by atoms with Crippen LogP contribution in [0.1, 0.15) is 37.2 Å². The minimum atomic E-state index is 0.926. The summed E-state index contributed by atoms with van der Waals surface area (Å²) in [5.74, 6) is 5.22. The van der Waals surface area contributed by atoms with E-state index >= 15 is 0 Å². The average molecular weight is 198 g/mol. The van der Waals surface area contributed by atoms with Crippen molar-refractivity contribution >= 4 is 0 Å². The van der Waals surface area contributed by atoms with Gasteiger partial charge in [0.25, 0.3) is 0 Å². The highest BCUT2D eigenvalue weighted by molar-refractivity contribution is 5.25. The van der Waals surface area contributed by atoms with E-state index in [1.807, 2.05) is 0 Å². The first kappa shape index (κ1) is 8.38. The molecule has 0 spiro atoms. The van der Waals surface area contributed by atoms with Crippen LogP contribution in [0.25, 0.3) is 0 Å². The van der Waals surface area contributed by atoms with E-state index in [9.17, 15) is 0 Å². The summed E-state index contributed by atoms with van der Waals surface area (Å²) in [6, 6.07) is 11.3. The molecule has 5 rings (SSSR count). The average Bonchev–Trinajstić information content (AvgIpc) is 2.68. The molecule has 4 saturated carbocycles. The molecular formula is C15H18. The number of rotatable bonds is 1. The van der Waals surface area contributed by atoms with Crippen LogP contribution in [-0.4, -0.2) is 0 Å². The summed E-state index contributed by atoms with van der Waals surface area (Å²) >= 11 is 0. The van der Waals surface area contributed by atoms with E-state index in [-0.39, 0.29) is 0 Å². The van der Waals surface area contributed by atoms with Crippen molar-refractivity contribution in [1.82, 2.24) is 0 Å². The molecule has 0 N–H and O–H groups in total. The lowest BCUT2D eigenvalue weighted by Gasteiger charge is -2.32. The lowest BCUT2D eigenvalue weighted by atomic mass is 9.73. The molecule has 0 aliphatic heterocycles. The highest BCUT2D eigenvalue weighted by atomic mass is 14.6. The van der Waals surface area contributed by atoms with Gasteiger partial charge in [0.2, 0.25) is 0 Å². The summed E-state index contributed by atoms with van der Waals surface area (Å²) in [5, 5.41) is 0. The fourth-order valence-corrected chi connectivity index (χ4v) is 4.93. The van der Waals surface area contributed by atoms with Gasteiger partial charge in [-0.05, 0) is 60.8 Å². The fourth-order valence-electron chi connectivity index (χ4n) is 4.93. The molecule has 0 radical (unpaired) electrons. The Hall–Kier alpha value is -0.780. The van der Waals surface area contributed by atoms with Crippen molar-refractivity contribution < 1.29 is 0 Å². The minimum Gasteiger partial charge on any atom is -0.0622 e. The maximum atomic E-state index is 2.36. The molecular weight excluding hydrogens is 180 g/mol. The van der Waals surface area contributed by atoms with Gasteiger partial charge in [-0.1, -0.05) is 30.3 Å². The summed E-state index contributed by atoms with van der Waals surface area (Å²) in [7, 11) is 0. The minimum absolute atomic E-state index is 0.926. The highest BCUT2D eigenvalue weighted by Gasteiger charge is 2.53. The van der Waals surface area contributed by atoms with Crippen LogP contribution in [0.5, 0.6) is 0 Å². The van der Waals surface area contributed by atoms with Gasteiger partial charge in [-0.3, -0.25) is 0 Å². The molecule has 0 saturated heterocycles. The van der Waals surface area contributed by atoms with Gasteiger partial charge in [0.1, 0.15) is 0 Å². The SMILES string of the molecule is c1ccc(C2C3CC4CC(C3)C2C4)cc1. The van der Waals surface area contributed by atoms with Crippen LogP contribution in [-0.2, 0) is 0 Å². The van der Waals surface area contributed by atoms with Crippen molar-refractivity contribution in [1.29, 1.82) is 0 Å². The van der Waals surface area contributed by atoms with Gasteiger partial charge in [0.15, 0.2) is 0 Å². The highest BCUT2D eigenvalue weighted by Crippen LogP contribution is 2.64. The lowest BCUT2D eigenvalue weighted by molar-refractivity contribution is 0.249. The van der Waals surface area contributed by atoms with Crippen molar-refractivity contribution in [3.05, 3.63) is 35.9 Å². The van der Waals surface area contributed by atoms with Crippen LogP contribution in [0, 0.1) is 23.7 Å². The Balaban J connectivity index is 1.74. The maximum absolute atomic E-state index is 2.36. The molecule has 0 amide bonds. The van der Waals surface area contributed by atoms with E-state index in [4.69, 9.17) is 0 Å².